The number of amides is 2. The van der Waals surface area contributed by atoms with Crippen molar-refractivity contribution >= 4 is 51.6 Å². The normalized spacial score (nSPS) is 10.8. The summed E-state index contributed by atoms with van der Waals surface area (Å²) in [6.45, 7) is 2.39. The molecule has 7 nitrogen and oxygen atoms in total. The second kappa shape index (κ2) is 10.4. The number of halogens is 2. The minimum Gasteiger partial charge on any atom is -0.333 e. The number of benzene rings is 2. The summed E-state index contributed by atoms with van der Waals surface area (Å²) in [5, 5.41) is 3.98. The molecular formula is C22H22Cl2N4O3. The van der Waals surface area contributed by atoms with Gasteiger partial charge in [0.2, 0.25) is 11.8 Å². The molecular weight excluding hydrogens is 439 g/mol. The van der Waals surface area contributed by atoms with Gasteiger partial charge in [-0.1, -0.05) is 42.3 Å². The molecule has 0 aliphatic heterocycles. The van der Waals surface area contributed by atoms with Crippen molar-refractivity contribution in [1.82, 2.24) is 14.5 Å². The predicted octanol–water partition coefficient (Wildman–Crippen LogP) is 3.97. The molecule has 0 unspecified atom stereocenters. The monoisotopic (exact) mass is 460 g/mol. The first-order valence-corrected chi connectivity index (χ1v) is 10.6. The van der Waals surface area contributed by atoms with E-state index in [2.05, 4.69) is 10.3 Å². The van der Waals surface area contributed by atoms with Crippen LogP contribution in [-0.2, 0) is 16.1 Å². The van der Waals surface area contributed by atoms with Crippen molar-refractivity contribution in [2.24, 2.45) is 0 Å². The fourth-order valence-corrected chi connectivity index (χ4v) is 3.49. The number of carbonyl (C=O) groups excluding carboxylic acids is 2. The van der Waals surface area contributed by atoms with Gasteiger partial charge in [0.25, 0.3) is 5.56 Å². The SMILES string of the molecule is CCCN(CC(=O)Nc1cc(Cl)ccc1Cl)C(=O)CCn1cnc2ccccc2c1=O. The Hall–Kier alpha value is -2.90. The van der Waals surface area contributed by atoms with E-state index in [-0.39, 0.29) is 36.9 Å². The molecule has 0 saturated heterocycles. The summed E-state index contributed by atoms with van der Waals surface area (Å²) in [6, 6.07) is 11.8. The van der Waals surface area contributed by atoms with Crippen LogP contribution in [0.15, 0.2) is 53.6 Å². The molecule has 3 rings (SSSR count). The third kappa shape index (κ3) is 5.83. The number of nitrogens with one attached hydrogen (secondary N) is 1. The molecule has 0 aliphatic rings. The molecule has 1 heterocycles. The van der Waals surface area contributed by atoms with Crippen LogP contribution in [-0.4, -0.2) is 39.4 Å². The molecule has 0 radical (unpaired) electrons. The molecule has 2 amide bonds. The van der Waals surface area contributed by atoms with Gasteiger partial charge < -0.3 is 10.2 Å². The first-order valence-electron chi connectivity index (χ1n) is 9.86. The summed E-state index contributed by atoms with van der Waals surface area (Å²) in [5.41, 5.74) is 0.796. The molecule has 3 aromatic rings. The fourth-order valence-electron chi connectivity index (χ4n) is 3.16. The van der Waals surface area contributed by atoms with Crippen LogP contribution < -0.4 is 10.9 Å². The Morgan fingerprint density at radius 2 is 1.94 bits per heavy atom. The molecule has 162 valence electrons. The number of rotatable bonds is 8. The van der Waals surface area contributed by atoms with Crippen molar-refractivity contribution in [2.75, 3.05) is 18.4 Å². The average molecular weight is 461 g/mol. The Morgan fingerprint density at radius 3 is 2.71 bits per heavy atom. The Labute approximate surface area is 189 Å². The molecule has 0 atom stereocenters. The van der Waals surface area contributed by atoms with Crippen LogP contribution in [0.5, 0.6) is 0 Å². The lowest BCUT2D eigenvalue weighted by Gasteiger charge is -2.22. The molecule has 31 heavy (non-hydrogen) atoms. The summed E-state index contributed by atoms with van der Waals surface area (Å²) in [6.07, 6.45) is 2.20. The van der Waals surface area contributed by atoms with E-state index in [1.54, 1.807) is 36.4 Å². The zero-order chi connectivity index (χ0) is 22.4. The number of anilines is 1. The van der Waals surface area contributed by atoms with Crippen LogP contribution in [0.25, 0.3) is 10.9 Å². The average Bonchev–Trinajstić information content (AvgIpc) is 2.75. The molecule has 0 saturated carbocycles. The first kappa shape index (κ1) is 22.8. The van der Waals surface area contributed by atoms with Crippen LogP contribution in [0.2, 0.25) is 10.0 Å². The number of aryl methyl sites for hydroxylation is 1. The third-order valence-corrected chi connectivity index (χ3v) is 5.25. The van der Waals surface area contributed by atoms with Crippen molar-refractivity contribution in [3.05, 3.63) is 69.2 Å². The van der Waals surface area contributed by atoms with E-state index in [4.69, 9.17) is 23.2 Å². The largest absolute Gasteiger partial charge is 0.333 e. The zero-order valence-corrected chi connectivity index (χ0v) is 18.5. The van der Waals surface area contributed by atoms with E-state index in [9.17, 15) is 14.4 Å². The van der Waals surface area contributed by atoms with E-state index < -0.39 is 0 Å². The van der Waals surface area contributed by atoms with Gasteiger partial charge in [-0.2, -0.15) is 0 Å². The highest BCUT2D eigenvalue weighted by molar-refractivity contribution is 6.35. The van der Waals surface area contributed by atoms with Gasteiger partial charge in [-0.25, -0.2) is 4.98 Å². The highest BCUT2D eigenvalue weighted by Gasteiger charge is 2.18. The minimum atomic E-state index is -0.379. The Bertz CT molecular complexity index is 1160. The fraction of sp³-hybridized carbons (Fsp3) is 0.273. The molecule has 1 aromatic heterocycles. The molecule has 0 spiro atoms. The maximum atomic E-state index is 12.8. The van der Waals surface area contributed by atoms with E-state index in [1.807, 2.05) is 13.0 Å². The van der Waals surface area contributed by atoms with Crippen molar-refractivity contribution in [1.29, 1.82) is 0 Å². The number of aromatic nitrogens is 2. The van der Waals surface area contributed by atoms with Gasteiger partial charge in [-0.05, 0) is 36.8 Å². The highest BCUT2D eigenvalue weighted by atomic mass is 35.5. The minimum absolute atomic E-state index is 0.0745. The van der Waals surface area contributed by atoms with Gasteiger partial charge in [0, 0.05) is 24.5 Å². The number of hydrogen-bond acceptors (Lipinski definition) is 4. The Morgan fingerprint density at radius 1 is 1.16 bits per heavy atom. The third-order valence-electron chi connectivity index (χ3n) is 4.68. The van der Waals surface area contributed by atoms with Gasteiger partial charge in [0.1, 0.15) is 0 Å². The van der Waals surface area contributed by atoms with Crippen LogP contribution in [0.1, 0.15) is 19.8 Å². The molecule has 9 heteroatoms. The number of para-hydroxylation sites is 1. The van der Waals surface area contributed by atoms with Gasteiger partial charge >= 0.3 is 0 Å². The van der Waals surface area contributed by atoms with Crippen LogP contribution in [0.4, 0.5) is 5.69 Å². The van der Waals surface area contributed by atoms with Crippen molar-refractivity contribution in [3.8, 4) is 0 Å². The Balaban J connectivity index is 1.65. The van der Waals surface area contributed by atoms with Gasteiger partial charge in [0.15, 0.2) is 0 Å². The van der Waals surface area contributed by atoms with Gasteiger partial charge in [-0.15, -0.1) is 0 Å². The van der Waals surface area contributed by atoms with E-state index in [0.29, 0.717) is 39.6 Å². The number of carbonyl (C=O) groups is 2. The molecule has 0 bridgehead atoms. The summed E-state index contributed by atoms with van der Waals surface area (Å²) < 4.78 is 1.41. The second-order valence-corrected chi connectivity index (χ2v) is 7.84. The second-order valence-electron chi connectivity index (χ2n) is 7.00. The molecule has 2 aromatic carbocycles. The van der Waals surface area contributed by atoms with Crippen molar-refractivity contribution in [2.45, 2.75) is 26.3 Å². The van der Waals surface area contributed by atoms with Crippen LogP contribution in [0.3, 0.4) is 0 Å². The van der Waals surface area contributed by atoms with E-state index in [0.717, 1.165) is 0 Å². The lowest BCUT2D eigenvalue weighted by Crippen LogP contribution is -2.39. The maximum Gasteiger partial charge on any atom is 0.261 e. The van der Waals surface area contributed by atoms with Crippen molar-refractivity contribution < 1.29 is 9.59 Å². The van der Waals surface area contributed by atoms with Gasteiger partial charge in [0.05, 0.1) is 34.5 Å². The molecule has 0 fully saturated rings. The smallest absolute Gasteiger partial charge is 0.261 e. The van der Waals surface area contributed by atoms with E-state index >= 15 is 0 Å². The van der Waals surface area contributed by atoms with Crippen LogP contribution in [0, 0.1) is 0 Å². The van der Waals surface area contributed by atoms with Crippen LogP contribution >= 0.6 is 23.2 Å². The number of hydrogen-bond donors (Lipinski definition) is 1. The van der Waals surface area contributed by atoms with Crippen molar-refractivity contribution in [3.63, 3.8) is 0 Å². The zero-order valence-electron chi connectivity index (χ0n) is 17.0. The maximum absolute atomic E-state index is 12.8. The first-order chi connectivity index (χ1) is 14.9. The Kier molecular flexibility index (Phi) is 7.65. The summed E-state index contributed by atoms with van der Waals surface area (Å²) in [4.78, 5) is 43.5. The standard InChI is InChI=1S/C22H22Cl2N4O3/c1-2-10-27(13-20(29)26-19-12-15(23)7-8-17(19)24)21(30)9-11-28-14-25-18-6-4-3-5-16(18)22(28)31/h3-8,12,14H,2,9-11,13H2,1H3,(H,26,29). The topological polar surface area (TPSA) is 84.3 Å². The predicted molar refractivity (Wildman–Crippen MR) is 123 cm³/mol. The summed E-state index contributed by atoms with van der Waals surface area (Å²) in [7, 11) is 0. The number of nitrogens with zero attached hydrogens (tertiary/aromatic N) is 3. The van der Waals surface area contributed by atoms with Gasteiger partial charge in [-0.3, -0.25) is 19.0 Å². The van der Waals surface area contributed by atoms with E-state index in [1.165, 1.54) is 15.8 Å². The summed E-state index contributed by atoms with van der Waals surface area (Å²) >= 11 is 12.0. The highest BCUT2D eigenvalue weighted by Crippen LogP contribution is 2.25. The lowest BCUT2D eigenvalue weighted by molar-refractivity contribution is -0.134. The lowest BCUT2D eigenvalue weighted by atomic mass is 10.2. The molecule has 1 N–H and O–H groups in total. The molecule has 0 aliphatic carbocycles. The quantitative estimate of drug-likeness (QED) is 0.550. The number of fused-ring (bicyclic) bond motifs is 1. The summed E-state index contributed by atoms with van der Waals surface area (Å²) in [5.74, 6) is -0.607.